The van der Waals surface area contributed by atoms with Gasteiger partial charge in [0.05, 0.1) is 31.2 Å². The van der Waals surface area contributed by atoms with Crippen LogP contribution in [-0.2, 0) is 32.7 Å². The van der Waals surface area contributed by atoms with Gasteiger partial charge < -0.3 is 25.4 Å². The van der Waals surface area contributed by atoms with Crippen LogP contribution < -0.4 is 16.5 Å². The summed E-state index contributed by atoms with van der Waals surface area (Å²) in [5.74, 6) is -1.48. The van der Waals surface area contributed by atoms with Gasteiger partial charge in [-0.3, -0.25) is 18.4 Å². The molecule has 0 aliphatic carbocycles. The van der Waals surface area contributed by atoms with Crippen LogP contribution in [0.3, 0.4) is 0 Å². The summed E-state index contributed by atoms with van der Waals surface area (Å²) in [5.41, 5.74) is 4.79. The van der Waals surface area contributed by atoms with Crippen LogP contribution in [0.15, 0.2) is 17.1 Å². The maximum absolute atomic E-state index is 13.6. The van der Waals surface area contributed by atoms with Crippen LogP contribution in [0.25, 0.3) is 0 Å². The van der Waals surface area contributed by atoms with Crippen molar-refractivity contribution in [3.05, 3.63) is 22.7 Å². The number of carbonyl (C=O) groups is 2. The lowest BCUT2D eigenvalue weighted by atomic mass is 10.1. The van der Waals surface area contributed by atoms with E-state index >= 15 is 0 Å². The summed E-state index contributed by atoms with van der Waals surface area (Å²) in [6.45, 7) is 5.92. The molecule has 37 heavy (non-hydrogen) atoms. The summed E-state index contributed by atoms with van der Waals surface area (Å²) < 4.78 is 35.4. The van der Waals surface area contributed by atoms with E-state index in [1.54, 1.807) is 13.8 Å². The fourth-order valence-electron chi connectivity index (χ4n) is 3.45. The van der Waals surface area contributed by atoms with Crippen LogP contribution in [-0.4, -0.2) is 81.6 Å². The third-order valence-electron chi connectivity index (χ3n) is 5.12. The van der Waals surface area contributed by atoms with Gasteiger partial charge >= 0.3 is 25.4 Å². The molecule has 0 spiro atoms. The van der Waals surface area contributed by atoms with E-state index < -0.39 is 67.5 Å². The van der Waals surface area contributed by atoms with E-state index in [1.807, 2.05) is 13.8 Å². The largest absolute Gasteiger partial charge is 0.465 e. The molecule has 1 fully saturated rings. The Morgan fingerprint density at radius 2 is 1.89 bits per heavy atom. The first kappa shape index (κ1) is 31.2. The summed E-state index contributed by atoms with van der Waals surface area (Å²) >= 11 is 0.987. The lowest BCUT2D eigenvalue weighted by Crippen LogP contribution is -2.39. The van der Waals surface area contributed by atoms with Crippen molar-refractivity contribution in [3.63, 3.8) is 0 Å². The van der Waals surface area contributed by atoms with Gasteiger partial charge in [-0.05, 0) is 32.3 Å². The second-order valence-electron chi connectivity index (χ2n) is 8.52. The van der Waals surface area contributed by atoms with Gasteiger partial charge in [0.1, 0.15) is 23.3 Å². The number of carbonyl (C=O) groups excluding carboxylic acids is 2. The Bertz CT molecular complexity index is 1030. The molecule has 210 valence electrons. The van der Waals surface area contributed by atoms with E-state index in [0.29, 0.717) is 0 Å². The molecule has 14 nitrogen and oxygen atoms in total. The molecular formula is C21H35N4O10PS. The van der Waals surface area contributed by atoms with Crippen LogP contribution in [0.1, 0.15) is 39.5 Å². The molecular weight excluding hydrogens is 531 g/mol. The number of anilines is 1. The summed E-state index contributed by atoms with van der Waals surface area (Å²) in [7, 11) is -4.35. The van der Waals surface area contributed by atoms with Crippen LogP contribution in [0.5, 0.6) is 0 Å². The SMILES string of the molecule is CCOC(=O)COP(=O)(N[C@@H](CC(C)C)C(=O)OCC)OC[C@H]1S[C@@H](n2ccc(N)nc2=O)[C@@H](O)[C@@H]1O. The summed E-state index contributed by atoms with van der Waals surface area (Å²) in [4.78, 5) is 40.1. The molecule has 16 heteroatoms. The second kappa shape index (κ2) is 14.2. The molecule has 1 aliphatic rings. The Labute approximate surface area is 218 Å². The van der Waals surface area contributed by atoms with Crippen LogP contribution in [0.2, 0.25) is 0 Å². The van der Waals surface area contributed by atoms with Gasteiger partial charge in [0.15, 0.2) is 6.61 Å². The van der Waals surface area contributed by atoms with E-state index in [2.05, 4.69) is 10.1 Å². The Balaban J connectivity index is 2.20. The van der Waals surface area contributed by atoms with Crippen molar-refractivity contribution in [2.24, 2.45) is 5.92 Å². The van der Waals surface area contributed by atoms with Crippen LogP contribution in [0, 0.1) is 5.92 Å². The average Bonchev–Trinajstić information content (AvgIpc) is 3.10. The Morgan fingerprint density at radius 1 is 1.22 bits per heavy atom. The molecule has 0 bridgehead atoms. The van der Waals surface area contributed by atoms with Gasteiger partial charge in [-0.2, -0.15) is 4.98 Å². The molecule has 1 aromatic heterocycles. The lowest BCUT2D eigenvalue weighted by Gasteiger charge is -2.26. The number of rotatable bonds is 14. The van der Waals surface area contributed by atoms with Crippen LogP contribution in [0.4, 0.5) is 5.82 Å². The lowest BCUT2D eigenvalue weighted by molar-refractivity contribution is -0.145. The molecule has 5 N–H and O–H groups in total. The zero-order valence-corrected chi connectivity index (χ0v) is 22.9. The summed E-state index contributed by atoms with van der Waals surface area (Å²) in [6.07, 6.45) is -1.20. The molecule has 0 amide bonds. The average molecular weight is 567 g/mol. The number of ether oxygens (including phenoxy) is 2. The van der Waals surface area contributed by atoms with Crippen molar-refractivity contribution in [2.45, 2.75) is 63.0 Å². The van der Waals surface area contributed by atoms with Crippen molar-refractivity contribution in [2.75, 3.05) is 32.2 Å². The highest BCUT2D eigenvalue weighted by atomic mass is 32.2. The molecule has 0 saturated carbocycles. The number of nitrogen functional groups attached to an aromatic ring is 1. The number of aliphatic hydroxyl groups is 2. The van der Waals surface area contributed by atoms with Gasteiger partial charge in [-0.25, -0.2) is 19.2 Å². The molecule has 0 aromatic carbocycles. The first-order valence-corrected chi connectivity index (χ1v) is 14.2. The van der Waals surface area contributed by atoms with Crippen molar-refractivity contribution in [1.82, 2.24) is 14.6 Å². The second-order valence-corrected chi connectivity index (χ2v) is 11.7. The molecule has 0 radical (unpaired) electrons. The number of aromatic nitrogens is 2. The van der Waals surface area contributed by atoms with E-state index in [9.17, 15) is 29.2 Å². The Kier molecular flexibility index (Phi) is 12.0. The maximum Gasteiger partial charge on any atom is 0.406 e. The topological polar surface area (TPSA) is 202 Å². The minimum absolute atomic E-state index is 0.00230. The van der Waals surface area contributed by atoms with Crippen molar-refractivity contribution in [3.8, 4) is 0 Å². The third kappa shape index (κ3) is 9.06. The fourth-order valence-corrected chi connectivity index (χ4v) is 6.44. The smallest absolute Gasteiger partial charge is 0.406 e. The van der Waals surface area contributed by atoms with Crippen molar-refractivity contribution < 1.29 is 42.9 Å². The van der Waals surface area contributed by atoms with E-state index in [-0.39, 0.29) is 31.4 Å². The van der Waals surface area contributed by atoms with Crippen molar-refractivity contribution in [1.29, 1.82) is 0 Å². The summed E-state index contributed by atoms with van der Waals surface area (Å²) in [6, 6.07) is 0.295. The highest BCUT2D eigenvalue weighted by Crippen LogP contribution is 2.48. The number of nitrogens with one attached hydrogen (secondary N) is 1. The van der Waals surface area contributed by atoms with Crippen LogP contribution >= 0.6 is 19.5 Å². The number of nitrogens with two attached hydrogens (primary N) is 1. The summed E-state index contributed by atoms with van der Waals surface area (Å²) in [5, 5.41) is 21.9. The predicted molar refractivity (Wildman–Crippen MR) is 134 cm³/mol. The van der Waals surface area contributed by atoms with Crippen molar-refractivity contribution >= 4 is 37.3 Å². The highest BCUT2D eigenvalue weighted by Gasteiger charge is 2.45. The molecule has 2 rings (SSSR count). The van der Waals surface area contributed by atoms with Gasteiger partial charge in [-0.1, -0.05) is 13.8 Å². The van der Waals surface area contributed by atoms with Gasteiger partial charge in [0, 0.05) is 6.20 Å². The number of aliphatic hydroxyl groups excluding tert-OH is 2. The molecule has 1 aliphatic heterocycles. The number of thioether (sulfide) groups is 1. The fraction of sp³-hybridized carbons (Fsp3) is 0.714. The van der Waals surface area contributed by atoms with E-state index in [0.717, 1.165) is 16.3 Å². The first-order chi connectivity index (χ1) is 17.4. The maximum atomic E-state index is 13.6. The number of hydrogen-bond acceptors (Lipinski definition) is 13. The molecule has 1 aromatic rings. The molecule has 1 saturated heterocycles. The molecule has 2 heterocycles. The number of hydrogen-bond donors (Lipinski definition) is 4. The minimum atomic E-state index is -4.35. The number of nitrogens with zero attached hydrogens (tertiary/aromatic N) is 2. The van der Waals surface area contributed by atoms with E-state index in [1.165, 1.54) is 12.3 Å². The predicted octanol–water partition coefficient (Wildman–Crippen LogP) is 0.433. The third-order valence-corrected chi connectivity index (χ3v) is 8.26. The van der Waals surface area contributed by atoms with Gasteiger partial charge in [0.2, 0.25) is 0 Å². The zero-order chi connectivity index (χ0) is 27.8. The highest BCUT2D eigenvalue weighted by molar-refractivity contribution is 8.00. The molecule has 1 unspecified atom stereocenters. The van der Waals surface area contributed by atoms with Gasteiger partial charge in [0.25, 0.3) is 0 Å². The zero-order valence-electron chi connectivity index (χ0n) is 21.1. The molecule has 6 atom stereocenters. The quantitative estimate of drug-likeness (QED) is 0.178. The van der Waals surface area contributed by atoms with E-state index in [4.69, 9.17) is 24.3 Å². The standard InChI is InChI=1S/C21H35N4O10PS/c1-5-32-16(26)11-35-36(31,24-13(9-12(3)4)20(29)33-6-2)34-10-14-17(27)18(28)19(37-14)25-8-7-15(22)23-21(25)30/h7-8,12-14,17-19,27-28H,5-6,9-11H2,1-4H3,(H,24,31)(H2,22,23,30)/t13-,14+,17+,18-,19+,36?/m0/s1. The monoisotopic (exact) mass is 566 g/mol. The number of esters is 2. The Morgan fingerprint density at radius 3 is 2.49 bits per heavy atom. The van der Waals surface area contributed by atoms with Gasteiger partial charge in [-0.15, -0.1) is 11.8 Å². The Hall–Kier alpha value is -2.00. The minimum Gasteiger partial charge on any atom is -0.465 e. The first-order valence-electron chi connectivity index (χ1n) is 11.8. The normalized spacial score (nSPS) is 24.0.